The van der Waals surface area contributed by atoms with E-state index in [1.54, 1.807) is 0 Å². The van der Waals surface area contributed by atoms with Gasteiger partial charge in [-0.05, 0) is 39.5 Å². The molecule has 3 rings (SSSR count). The van der Waals surface area contributed by atoms with E-state index in [0.29, 0.717) is 0 Å². The Morgan fingerprint density at radius 3 is 2.16 bits per heavy atom. The van der Waals surface area contributed by atoms with E-state index in [4.69, 9.17) is 0 Å². The van der Waals surface area contributed by atoms with E-state index in [9.17, 15) is 4.79 Å². The number of piperidine rings is 1. The monoisotopic (exact) mass is 345 g/mol. The van der Waals surface area contributed by atoms with Gasteiger partial charge in [0.25, 0.3) is 0 Å². The van der Waals surface area contributed by atoms with Crippen molar-refractivity contribution in [3.05, 3.63) is 12.4 Å². The van der Waals surface area contributed by atoms with Crippen LogP contribution in [0.25, 0.3) is 0 Å². The Morgan fingerprint density at radius 2 is 1.60 bits per heavy atom. The molecule has 2 aliphatic heterocycles. The molecule has 1 aromatic heterocycles. The van der Waals surface area contributed by atoms with E-state index in [2.05, 4.69) is 25.1 Å². The molecule has 1 amide bonds. The Bertz CT molecular complexity index is 543. The largest absolute Gasteiger partial charge is 0.369 e. The lowest BCUT2D eigenvalue weighted by Crippen LogP contribution is -2.42. The summed E-state index contributed by atoms with van der Waals surface area (Å²) < 4.78 is 0. The summed E-state index contributed by atoms with van der Waals surface area (Å²) >= 11 is 0. The number of hydrogen-bond acceptors (Lipinski definition) is 5. The molecule has 0 unspecified atom stereocenters. The van der Waals surface area contributed by atoms with Gasteiger partial charge in [0.05, 0.1) is 18.1 Å². The van der Waals surface area contributed by atoms with Crippen molar-refractivity contribution in [1.82, 2.24) is 15.3 Å². The van der Waals surface area contributed by atoms with Crippen LogP contribution in [-0.4, -0.2) is 48.1 Å². The van der Waals surface area contributed by atoms with E-state index in [-0.39, 0.29) is 17.9 Å². The van der Waals surface area contributed by atoms with Crippen LogP contribution in [0.2, 0.25) is 0 Å². The third kappa shape index (κ3) is 4.83. The molecule has 0 atom stereocenters. The number of hydrogen-bond donors (Lipinski definition) is 1. The van der Waals surface area contributed by atoms with Gasteiger partial charge >= 0.3 is 0 Å². The number of carbonyl (C=O) groups excluding carboxylic acids is 1. The summed E-state index contributed by atoms with van der Waals surface area (Å²) in [6.07, 6.45) is 10.8. The van der Waals surface area contributed by atoms with E-state index in [1.165, 1.54) is 25.7 Å². The lowest BCUT2D eigenvalue weighted by Gasteiger charge is -2.33. The van der Waals surface area contributed by atoms with Gasteiger partial charge in [-0.25, -0.2) is 9.97 Å². The zero-order chi connectivity index (χ0) is 17.6. The standard InChI is InChI=1S/C19H31N5O/c1-15(2)22-18(25)16-7-11-23(12-8-16)17-13-20-19(21-14-17)24-9-5-3-4-6-10-24/h13-16H,3-12H2,1-2H3,(H,22,25). The van der Waals surface area contributed by atoms with Gasteiger partial charge in [0.15, 0.2) is 0 Å². The highest BCUT2D eigenvalue weighted by molar-refractivity contribution is 5.79. The number of anilines is 2. The third-order valence-corrected chi connectivity index (χ3v) is 5.18. The first kappa shape index (κ1) is 18.0. The molecule has 0 aromatic carbocycles. The Hall–Kier alpha value is -1.85. The first-order valence-electron chi connectivity index (χ1n) is 9.76. The van der Waals surface area contributed by atoms with Crippen LogP contribution in [0, 0.1) is 5.92 Å². The lowest BCUT2D eigenvalue weighted by atomic mass is 9.95. The minimum Gasteiger partial charge on any atom is -0.369 e. The molecule has 6 heteroatoms. The van der Waals surface area contributed by atoms with Crippen molar-refractivity contribution in [2.24, 2.45) is 5.92 Å². The molecule has 1 aromatic rings. The zero-order valence-corrected chi connectivity index (χ0v) is 15.6. The number of amides is 1. The normalized spacial score (nSPS) is 19.8. The van der Waals surface area contributed by atoms with Gasteiger partial charge in [-0.1, -0.05) is 12.8 Å². The Balaban J connectivity index is 1.54. The molecule has 0 spiro atoms. The second kappa shape index (κ2) is 8.50. The maximum atomic E-state index is 12.1. The summed E-state index contributed by atoms with van der Waals surface area (Å²) in [5.74, 6) is 1.19. The first-order valence-corrected chi connectivity index (χ1v) is 9.76. The Kier molecular flexibility index (Phi) is 6.10. The average Bonchev–Trinajstić information content (AvgIpc) is 2.91. The highest BCUT2D eigenvalue weighted by atomic mass is 16.1. The van der Waals surface area contributed by atoms with Gasteiger partial charge in [-0.2, -0.15) is 0 Å². The number of nitrogens with one attached hydrogen (secondary N) is 1. The molecule has 2 saturated heterocycles. The third-order valence-electron chi connectivity index (χ3n) is 5.18. The van der Waals surface area contributed by atoms with Crippen LogP contribution >= 0.6 is 0 Å². The fourth-order valence-corrected chi connectivity index (χ4v) is 3.71. The summed E-state index contributed by atoms with van der Waals surface area (Å²) in [6.45, 7) is 7.93. The van der Waals surface area contributed by atoms with Crippen LogP contribution in [-0.2, 0) is 4.79 Å². The van der Waals surface area contributed by atoms with Crippen molar-refractivity contribution in [3.63, 3.8) is 0 Å². The van der Waals surface area contributed by atoms with Crippen molar-refractivity contribution in [3.8, 4) is 0 Å². The van der Waals surface area contributed by atoms with Gasteiger partial charge in [0.1, 0.15) is 0 Å². The van der Waals surface area contributed by atoms with Crippen molar-refractivity contribution in [1.29, 1.82) is 0 Å². The second-order valence-corrected chi connectivity index (χ2v) is 7.57. The molecule has 0 radical (unpaired) electrons. The van der Waals surface area contributed by atoms with E-state index < -0.39 is 0 Å². The van der Waals surface area contributed by atoms with Gasteiger partial charge in [-0.3, -0.25) is 4.79 Å². The van der Waals surface area contributed by atoms with Crippen molar-refractivity contribution >= 4 is 17.5 Å². The van der Waals surface area contributed by atoms with E-state index in [0.717, 1.165) is 50.7 Å². The minimum absolute atomic E-state index is 0.135. The molecule has 0 aliphatic carbocycles. The highest BCUT2D eigenvalue weighted by Crippen LogP contribution is 2.24. The van der Waals surface area contributed by atoms with Gasteiger partial charge in [0.2, 0.25) is 11.9 Å². The van der Waals surface area contributed by atoms with Crippen molar-refractivity contribution in [2.75, 3.05) is 36.0 Å². The zero-order valence-electron chi connectivity index (χ0n) is 15.6. The molecule has 3 heterocycles. The summed E-state index contributed by atoms with van der Waals surface area (Å²) in [7, 11) is 0. The summed E-state index contributed by atoms with van der Waals surface area (Å²) in [6, 6.07) is 0.213. The van der Waals surface area contributed by atoms with Gasteiger partial charge in [0, 0.05) is 38.1 Å². The van der Waals surface area contributed by atoms with Crippen molar-refractivity contribution < 1.29 is 4.79 Å². The molecule has 1 N–H and O–H groups in total. The molecule has 6 nitrogen and oxygen atoms in total. The first-order chi connectivity index (χ1) is 12.1. The predicted molar refractivity (Wildman–Crippen MR) is 101 cm³/mol. The Morgan fingerprint density at radius 1 is 1.00 bits per heavy atom. The Labute approximate surface area is 151 Å². The second-order valence-electron chi connectivity index (χ2n) is 7.57. The maximum absolute atomic E-state index is 12.1. The minimum atomic E-state index is 0.135. The molecule has 0 saturated carbocycles. The van der Waals surface area contributed by atoms with Crippen LogP contribution < -0.4 is 15.1 Å². The number of aromatic nitrogens is 2. The quantitative estimate of drug-likeness (QED) is 0.909. The number of nitrogens with zero attached hydrogens (tertiary/aromatic N) is 4. The SMILES string of the molecule is CC(C)NC(=O)C1CCN(c2cnc(N3CCCCCC3)nc2)CC1. The highest BCUT2D eigenvalue weighted by Gasteiger charge is 2.25. The van der Waals surface area contributed by atoms with E-state index >= 15 is 0 Å². The summed E-state index contributed by atoms with van der Waals surface area (Å²) in [5, 5.41) is 3.03. The fourth-order valence-electron chi connectivity index (χ4n) is 3.71. The van der Waals surface area contributed by atoms with Crippen LogP contribution in [0.5, 0.6) is 0 Å². The molecule has 2 fully saturated rings. The van der Waals surface area contributed by atoms with Crippen LogP contribution in [0.1, 0.15) is 52.4 Å². The lowest BCUT2D eigenvalue weighted by molar-refractivity contribution is -0.126. The predicted octanol–water partition coefficient (Wildman–Crippen LogP) is 2.60. The molecule has 2 aliphatic rings. The fraction of sp³-hybridized carbons (Fsp3) is 0.737. The van der Waals surface area contributed by atoms with E-state index in [1.807, 2.05) is 26.2 Å². The summed E-state index contributed by atoms with van der Waals surface area (Å²) in [5.41, 5.74) is 1.07. The average molecular weight is 345 g/mol. The van der Waals surface area contributed by atoms with Crippen LogP contribution in [0.3, 0.4) is 0 Å². The molecular formula is C19H31N5O. The molecular weight excluding hydrogens is 314 g/mol. The summed E-state index contributed by atoms with van der Waals surface area (Å²) in [4.78, 5) is 26.0. The smallest absolute Gasteiger partial charge is 0.225 e. The molecule has 0 bridgehead atoms. The maximum Gasteiger partial charge on any atom is 0.225 e. The molecule has 25 heavy (non-hydrogen) atoms. The van der Waals surface area contributed by atoms with Crippen LogP contribution in [0.4, 0.5) is 11.6 Å². The van der Waals surface area contributed by atoms with Crippen molar-refractivity contribution in [2.45, 2.75) is 58.4 Å². The topological polar surface area (TPSA) is 61.4 Å². The number of rotatable bonds is 4. The van der Waals surface area contributed by atoms with Gasteiger partial charge in [-0.15, -0.1) is 0 Å². The van der Waals surface area contributed by atoms with Crippen LogP contribution in [0.15, 0.2) is 12.4 Å². The molecule has 138 valence electrons. The van der Waals surface area contributed by atoms with Gasteiger partial charge < -0.3 is 15.1 Å². The number of carbonyl (C=O) groups is 1.